The minimum atomic E-state index is -4.54. The molecule has 1 aliphatic rings. The Labute approximate surface area is 245 Å². The van der Waals surface area contributed by atoms with E-state index in [2.05, 4.69) is 27.9 Å². The number of nitrogens with zero attached hydrogens (tertiary/aromatic N) is 1. The minimum absolute atomic E-state index is 0.00429. The first-order chi connectivity index (χ1) is 19.1. The average Bonchev–Trinajstić information content (AvgIpc) is 2.93. The largest absolute Gasteiger partial charge is 0.482 e. The average molecular weight is 674 g/mol. The number of carbonyl (C=O) groups is 2. The molecule has 218 valence electrons. The first kappa shape index (κ1) is 31.9. The number of hydrogen-bond acceptors (Lipinski definition) is 5. The van der Waals surface area contributed by atoms with Crippen molar-refractivity contribution in [3.63, 3.8) is 0 Å². The zero-order valence-corrected chi connectivity index (χ0v) is 24.3. The molecular formula is C29H34F3IN2O5. The number of amides is 2. The maximum absolute atomic E-state index is 13.7. The van der Waals surface area contributed by atoms with Gasteiger partial charge in [-0.1, -0.05) is 38.3 Å². The van der Waals surface area contributed by atoms with Gasteiger partial charge in [-0.3, -0.25) is 9.59 Å². The molecular weight excluding hydrogens is 640 g/mol. The number of halogens is 4. The highest BCUT2D eigenvalue weighted by atomic mass is 127. The van der Waals surface area contributed by atoms with Gasteiger partial charge < -0.3 is 25.2 Å². The Hall–Kier alpha value is -2.64. The highest BCUT2D eigenvalue weighted by molar-refractivity contribution is 14.1. The Kier molecular flexibility index (Phi) is 11.8. The molecule has 7 nitrogen and oxygen atoms in total. The summed E-state index contributed by atoms with van der Waals surface area (Å²) >= 11 is 2.09. The second-order valence-electron chi connectivity index (χ2n) is 9.58. The topological polar surface area (TPSA) is 99.1 Å². The molecule has 2 amide bonds. The molecule has 1 aliphatic carbocycles. The molecule has 3 N–H and O–H groups in total. The van der Waals surface area contributed by atoms with Crippen LogP contribution >= 0.6 is 22.6 Å². The van der Waals surface area contributed by atoms with Crippen LogP contribution in [0.25, 0.3) is 0 Å². The zero-order valence-electron chi connectivity index (χ0n) is 22.2. The smallest absolute Gasteiger partial charge is 0.416 e. The Bertz CT molecular complexity index is 1170. The normalized spacial score (nSPS) is 19.1. The molecule has 0 aliphatic heterocycles. The summed E-state index contributed by atoms with van der Waals surface area (Å²) in [5.74, 6) is -0.516. The van der Waals surface area contributed by atoms with Gasteiger partial charge >= 0.3 is 6.18 Å². The van der Waals surface area contributed by atoms with Crippen molar-refractivity contribution in [2.24, 2.45) is 0 Å². The van der Waals surface area contributed by atoms with E-state index in [9.17, 15) is 27.9 Å². The van der Waals surface area contributed by atoms with E-state index in [1.54, 1.807) is 12.1 Å². The van der Waals surface area contributed by atoms with Crippen molar-refractivity contribution >= 4 is 34.4 Å². The Balaban J connectivity index is 1.97. The molecule has 0 spiro atoms. The summed E-state index contributed by atoms with van der Waals surface area (Å²) in [5.41, 5.74) is -0.544. The zero-order chi connectivity index (χ0) is 29.3. The van der Waals surface area contributed by atoms with Gasteiger partial charge in [0, 0.05) is 30.6 Å². The molecule has 0 aromatic heterocycles. The molecule has 0 saturated carbocycles. The van der Waals surface area contributed by atoms with Crippen LogP contribution < -0.4 is 10.1 Å². The number of carbonyl (C=O) groups excluding carboxylic acids is 2. The van der Waals surface area contributed by atoms with Crippen LogP contribution in [0.4, 0.5) is 13.2 Å². The summed E-state index contributed by atoms with van der Waals surface area (Å²) in [6, 6.07) is 10.3. The molecule has 11 heteroatoms. The summed E-state index contributed by atoms with van der Waals surface area (Å²) in [6.07, 6.45) is -1.90. The predicted octanol–water partition coefficient (Wildman–Crippen LogP) is 4.95. The van der Waals surface area contributed by atoms with Crippen molar-refractivity contribution in [2.45, 2.75) is 63.5 Å². The highest BCUT2D eigenvalue weighted by Gasteiger charge is 2.41. The maximum Gasteiger partial charge on any atom is 0.416 e. The van der Waals surface area contributed by atoms with Crippen molar-refractivity contribution in [2.75, 3.05) is 19.7 Å². The monoisotopic (exact) mass is 674 g/mol. The van der Waals surface area contributed by atoms with Crippen LogP contribution in [0.2, 0.25) is 0 Å². The van der Waals surface area contributed by atoms with Crippen molar-refractivity contribution < 1.29 is 37.7 Å². The van der Waals surface area contributed by atoms with Crippen molar-refractivity contribution in [3.8, 4) is 5.75 Å². The van der Waals surface area contributed by atoms with Gasteiger partial charge in [0.05, 0.1) is 21.8 Å². The number of aliphatic hydroxyl groups is 2. The molecule has 3 unspecified atom stereocenters. The highest BCUT2D eigenvalue weighted by Crippen LogP contribution is 2.32. The lowest BCUT2D eigenvalue weighted by Gasteiger charge is -2.40. The van der Waals surface area contributed by atoms with E-state index in [-0.39, 0.29) is 37.3 Å². The van der Waals surface area contributed by atoms with Crippen LogP contribution in [0.1, 0.15) is 54.9 Å². The van der Waals surface area contributed by atoms with Gasteiger partial charge in [-0.15, -0.1) is 0 Å². The molecule has 3 rings (SSSR count). The van der Waals surface area contributed by atoms with Crippen molar-refractivity contribution in [1.29, 1.82) is 0 Å². The fourth-order valence-electron chi connectivity index (χ4n) is 4.56. The Morgan fingerprint density at radius 2 is 1.80 bits per heavy atom. The van der Waals surface area contributed by atoms with Gasteiger partial charge in [0.1, 0.15) is 18.0 Å². The van der Waals surface area contributed by atoms with E-state index < -0.39 is 41.8 Å². The molecule has 0 heterocycles. The SMILES string of the molecule is CCCCCCN(C(=O)c1ccc(C(F)(F)F)cc1)C1CC(C(=O)NCCO)=CC(Oc2ccccc2I)C1O. The second-order valence-corrected chi connectivity index (χ2v) is 10.7. The number of aliphatic hydroxyl groups excluding tert-OH is 2. The van der Waals surface area contributed by atoms with Gasteiger partial charge in [0.15, 0.2) is 0 Å². The predicted molar refractivity (Wildman–Crippen MR) is 153 cm³/mol. The van der Waals surface area contributed by atoms with Crippen LogP contribution in [-0.4, -0.2) is 64.9 Å². The standard InChI is InChI=1S/C29H34F3IN2O5/c1-2-3-4-7-15-35(28(39)19-10-12-21(13-11-19)29(30,31)32)23-17-20(27(38)34-14-16-36)18-25(26(23)37)40-24-9-6-5-8-22(24)33/h5-6,8-13,18,23,25-26,36-37H,2-4,7,14-17H2,1H3,(H,34,38). The van der Waals surface area contributed by atoms with Gasteiger partial charge in [-0.2, -0.15) is 13.2 Å². The van der Waals surface area contributed by atoms with Crippen LogP contribution in [-0.2, 0) is 11.0 Å². The number of ether oxygens (including phenoxy) is 1. The third kappa shape index (κ3) is 8.43. The van der Waals surface area contributed by atoms with Crippen molar-refractivity contribution in [1.82, 2.24) is 10.2 Å². The molecule has 0 fully saturated rings. The summed E-state index contributed by atoms with van der Waals surface area (Å²) in [7, 11) is 0. The number of para-hydroxylation sites is 1. The third-order valence-corrected chi connectivity index (χ3v) is 7.58. The molecule has 2 aromatic rings. The second kappa shape index (κ2) is 14.8. The van der Waals surface area contributed by atoms with Crippen molar-refractivity contribution in [3.05, 3.63) is 74.9 Å². The Morgan fingerprint density at radius 1 is 1.10 bits per heavy atom. The molecule has 0 bridgehead atoms. The van der Waals surface area contributed by atoms with Crippen LogP contribution in [0, 0.1) is 3.57 Å². The minimum Gasteiger partial charge on any atom is -0.482 e. The molecule has 0 saturated heterocycles. The van der Waals surface area contributed by atoms with Gasteiger partial charge in [0.25, 0.3) is 5.91 Å². The lowest BCUT2D eigenvalue weighted by atomic mass is 9.87. The Morgan fingerprint density at radius 3 is 2.42 bits per heavy atom. The maximum atomic E-state index is 13.7. The van der Waals surface area contributed by atoms with Gasteiger partial charge in [0.2, 0.25) is 5.91 Å². The fourth-order valence-corrected chi connectivity index (χ4v) is 5.08. The molecule has 3 atom stereocenters. The van der Waals surface area contributed by atoms with Gasteiger partial charge in [-0.05, 0) is 71.5 Å². The van der Waals surface area contributed by atoms with Crippen LogP contribution in [0.15, 0.2) is 60.2 Å². The third-order valence-electron chi connectivity index (χ3n) is 6.69. The van der Waals surface area contributed by atoms with E-state index >= 15 is 0 Å². The molecule has 2 aromatic carbocycles. The first-order valence-corrected chi connectivity index (χ1v) is 14.3. The number of benzene rings is 2. The van der Waals surface area contributed by atoms with E-state index in [0.717, 1.165) is 47.1 Å². The van der Waals surface area contributed by atoms with E-state index in [4.69, 9.17) is 9.84 Å². The quantitative estimate of drug-likeness (QED) is 0.219. The first-order valence-electron chi connectivity index (χ1n) is 13.2. The summed E-state index contributed by atoms with van der Waals surface area (Å²) in [6.45, 7) is 2.05. The molecule has 0 radical (unpaired) electrons. The molecule has 40 heavy (non-hydrogen) atoms. The number of nitrogens with one attached hydrogen (secondary N) is 1. The van der Waals surface area contributed by atoms with Crippen LogP contribution in [0.3, 0.4) is 0 Å². The lowest BCUT2D eigenvalue weighted by Crippen LogP contribution is -2.55. The number of unbranched alkanes of at least 4 members (excludes halogenated alkanes) is 3. The van der Waals surface area contributed by atoms with E-state index in [1.807, 2.05) is 19.1 Å². The van der Waals surface area contributed by atoms with E-state index in [1.165, 1.54) is 11.0 Å². The fraction of sp³-hybridized carbons (Fsp3) is 0.448. The summed E-state index contributed by atoms with van der Waals surface area (Å²) < 4.78 is 46.2. The number of alkyl halides is 3. The summed E-state index contributed by atoms with van der Waals surface area (Å²) in [4.78, 5) is 28.1. The lowest BCUT2D eigenvalue weighted by molar-refractivity contribution is -0.137. The van der Waals surface area contributed by atoms with E-state index in [0.29, 0.717) is 12.2 Å². The van der Waals surface area contributed by atoms with Gasteiger partial charge in [-0.25, -0.2) is 0 Å². The summed E-state index contributed by atoms with van der Waals surface area (Å²) in [5, 5.41) is 23.3. The number of rotatable bonds is 12. The van der Waals surface area contributed by atoms with Crippen LogP contribution in [0.5, 0.6) is 5.75 Å². The number of hydrogen-bond donors (Lipinski definition) is 3.